The van der Waals surface area contributed by atoms with E-state index in [4.69, 9.17) is 4.74 Å². The van der Waals surface area contributed by atoms with Gasteiger partial charge in [-0.3, -0.25) is 14.5 Å². The second-order valence-electron chi connectivity index (χ2n) is 10.4. The van der Waals surface area contributed by atoms with E-state index in [2.05, 4.69) is 13.0 Å². The molecule has 2 saturated heterocycles. The SMILES string of the molecule is C/C(=C\c1cccc(O)c1)CC[C@H]1OC[C@H]2C1=C(CO)C[C@H]1C(=O)N(C3CCCCC3)C(=O)[C@H]12. The Labute approximate surface area is 201 Å². The molecule has 0 bridgehead atoms. The number of allylic oxidation sites excluding steroid dienone is 1. The molecule has 6 nitrogen and oxygen atoms in total. The number of hydrogen-bond donors (Lipinski definition) is 2. The maximum atomic E-state index is 13.5. The molecule has 0 radical (unpaired) electrons. The van der Waals surface area contributed by atoms with Crippen LogP contribution in [0.5, 0.6) is 5.75 Å². The third-order valence-corrected chi connectivity index (χ3v) is 8.26. The largest absolute Gasteiger partial charge is 0.508 e. The van der Waals surface area contributed by atoms with Gasteiger partial charge in [-0.1, -0.05) is 43.0 Å². The van der Waals surface area contributed by atoms with Gasteiger partial charge in [0.15, 0.2) is 0 Å². The van der Waals surface area contributed by atoms with Gasteiger partial charge in [0.25, 0.3) is 0 Å². The van der Waals surface area contributed by atoms with Crippen LogP contribution in [0.25, 0.3) is 6.08 Å². The molecule has 0 spiro atoms. The smallest absolute Gasteiger partial charge is 0.234 e. The number of amides is 2. The summed E-state index contributed by atoms with van der Waals surface area (Å²) in [5.41, 5.74) is 4.10. The summed E-state index contributed by atoms with van der Waals surface area (Å²) < 4.78 is 6.21. The number of carbonyl (C=O) groups excluding carboxylic acids is 2. The molecular weight excluding hydrogens is 430 g/mol. The summed E-state index contributed by atoms with van der Waals surface area (Å²) in [5, 5.41) is 19.9. The molecule has 1 aromatic rings. The number of fused-ring (bicyclic) bond motifs is 3. The zero-order valence-corrected chi connectivity index (χ0v) is 19.9. The lowest BCUT2D eigenvalue weighted by Gasteiger charge is -2.31. The van der Waals surface area contributed by atoms with E-state index in [0.717, 1.165) is 55.2 Å². The van der Waals surface area contributed by atoms with Gasteiger partial charge in [-0.05, 0) is 67.9 Å². The Morgan fingerprint density at radius 3 is 2.68 bits per heavy atom. The molecule has 6 heteroatoms. The molecule has 3 fully saturated rings. The molecule has 1 saturated carbocycles. The molecule has 2 amide bonds. The number of imide groups is 1. The number of aliphatic hydroxyl groups excluding tert-OH is 1. The quantitative estimate of drug-likeness (QED) is 0.485. The predicted octanol–water partition coefficient (Wildman–Crippen LogP) is 4.22. The molecule has 4 atom stereocenters. The van der Waals surface area contributed by atoms with E-state index in [9.17, 15) is 19.8 Å². The first-order chi connectivity index (χ1) is 16.5. The molecule has 0 unspecified atom stereocenters. The van der Waals surface area contributed by atoms with Crippen molar-refractivity contribution in [3.63, 3.8) is 0 Å². The third-order valence-electron chi connectivity index (χ3n) is 8.26. The van der Waals surface area contributed by atoms with Gasteiger partial charge in [0.05, 0.1) is 31.2 Å². The van der Waals surface area contributed by atoms with Crippen LogP contribution in [-0.2, 0) is 14.3 Å². The van der Waals surface area contributed by atoms with Crippen LogP contribution < -0.4 is 0 Å². The number of aromatic hydroxyl groups is 1. The first kappa shape index (κ1) is 23.3. The Bertz CT molecular complexity index is 1020. The number of ether oxygens (including phenoxy) is 1. The average molecular weight is 466 g/mol. The molecule has 182 valence electrons. The van der Waals surface area contributed by atoms with Crippen molar-refractivity contribution in [2.75, 3.05) is 13.2 Å². The van der Waals surface area contributed by atoms with E-state index >= 15 is 0 Å². The van der Waals surface area contributed by atoms with Gasteiger partial charge in [-0.15, -0.1) is 0 Å². The number of phenolic OH excluding ortho intramolecular Hbond substituents is 1. The van der Waals surface area contributed by atoms with Crippen molar-refractivity contribution in [2.24, 2.45) is 17.8 Å². The number of phenols is 1. The molecule has 5 rings (SSSR count). The van der Waals surface area contributed by atoms with Gasteiger partial charge >= 0.3 is 0 Å². The van der Waals surface area contributed by atoms with Crippen LogP contribution in [0.3, 0.4) is 0 Å². The first-order valence-corrected chi connectivity index (χ1v) is 12.7. The highest BCUT2D eigenvalue weighted by Gasteiger charge is 2.58. The van der Waals surface area contributed by atoms with Gasteiger partial charge in [-0.25, -0.2) is 0 Å². The Kier molecular flexibility index (Phi) is 6.63. The number of aliphatic hydroxyl groups is 1. The van der Waals surface area contributed by atoms with Crippen LogP contribution in [-0.4, -0.2) is 52.3 Å². The Morgan fingerprint density at radius 2 is 1.94 bits per heavy atom. The molecule has 2 aliphatic heterocycles. The fraction of sp³-hybridized carbons (Fsp3) is 0.571. The van der Waals surface area contributed by atoms with Crippen molar-refractivity contribution in [1.29, 1.82) is 0 Å². The molecule has 0 aromatic heterocycles. The zero-order chi connectivity index (χ0) is 23.8. The van der Waals surface area contributed by atoms with Gasteiger partial charge in [0.2, 0.25) is 11.8 Å². The van der Waals surface area contributed by atoms with Gasteiger partial charge in [-0.2, -0.15) is 0 Å². The summed E-state index contributed by atoms with van der Waals surface area (Å²) in [6.07, 6.45) is 9.14. The summed E-state index contributed by atoms with van der Waals surface area (Å²) in [7, 11) is 0. The maximum Gasteiger partial charge on any atom is 0.234 e. The van der Waals surface area contributed by atoms with E-state index in [1.807, 2.05) is 12.1 Å². The first-order valence-electron chi connectivity index (χ1n) is 12.7. The van der Waals surface area contributed by atoms with E-state index in [1.165, 1.54) is 12.0 Å². The number of hydrogen-bond acceptors (Lipinski definition) is 5. The van der Waals surface area contributed by atoms with Crippen LogP contribution in [0, 0.1) is 17.8 Å². The summed E-state index contributed by atoms with van der Waals surface area (Å²) in [6, 6.07) is 7.22. The minimum Gasteiger partial charge on any atom is -0.508 e. The van der Waals surface area contributed by atoms with Gasteiger partial charge < -0.3 is 14.9 Å². The van der Waals surface area contributed by atoms with Crippen LogP contribution in [0.1, 0.15) is 63.9 Å². The molecule has 2 aliphatic carbocycles. The van der Waals surface area contributed by atoms with E-state index in [-0.39, 0.29) is 54.1 Å². The zero-order valence-electron chi connectivity index (χ0n) is 19.9. The number of benzene rings is 1. The molecule has 1 aromatic carbocycles. The molecule has 2 N–H and O–H groups in total. The minimum atomic E-state index is -0.347. The Morgan fingerprint density at radius 1 is 1.15 bits per heavy atom. The van der Waals surface area contributed by atoms with Crippen molar-refractivity contribution in [1.82, 2.24) is 4.90 Å². The second kappa shape index (κ2) is 9.67. The van der Waals surface area contributed by atoms with Crippen molar-refractivity contribution >= 4 is 17.9 Å². The molecular formula is C28H35NO5. The third kappa shape index (κ3) is 4.22. The number of nitrogens with zero attached hydrogens (tertiary/aromatic N) is 1. The van der Waals surface area contributed by atoms with Crippen molar-refractivity contribution in [2.45, 2.75) is 70.4 Å². The van der Waals surface area contributed by atoms with Crippen molar-refractivity contribution < 1.29 is 24.5 Å². The number of carbonyl (C=O) groups is 2. The molecule has 2 heterocycles. The summed E-state index contributed by atoms with van der Waals surface area (Å²) in [5.74, 6) is -0.582. The Hall–Kier alpha value is -2.44. The van der Waals surface area contributed by atoms with Crippen LogP contribution >= 0.6 is 0 Å². The van der Waals surface area contributed by atoms with Crippen molar-refractivity contribution in [3.8, 4) is 5.75 Å². The Balaban J connectivity index is 1.32. The van der Waals surface area contributed by atoms with E-state index < -0.39 is 0 Å². The standard InChI is InChI=1S/C28H35NO5/c1-17(12-18-6-5-9-21(31)13-18)10-11-24-25-19(15-30)14-22-26(23(25)16-34-24)28(33)29(27(22)32)20-7-3-2-4-8-20/h5-6,9,12-13,20,22-24,26,30-31H,2-4,7-8,10-11,14-16H2,1H3/b17-12+/t22-,23+,24-,26-/m1/s1. The number of rotatable bonds is 6. The number of likely N-dealkylation sites (tertiary alicyclic amines) is 1. The summed E-state index contributed by atoms with van der Waals surface area (Å²) in [4.78, 5) is 28.5. The highest BCUT2D eigenvalue weighted by molar-refractivity contribution is 6.06. The predicted molar refractivity (Wildman–Crippen MR) is 129 cm³/mol. The van der Waals surface area contributed by atoms with Gasteiger partial charge in [0.1, 0.15) is 5.75 Å². The van der Waals surface area contributed by atoms with Gasteiger partial charge in [0, 0.05) is 12.0 Å². The van der Waals surface area contributed by atoms with Crippen LogP contribution in [0.2, 0.25) is 0 Å². The topological polar surface area (TPSA) is 87.1 Å². The maximum absolute atomic E-state index is 13.5. The average Bonchev–Trinajstić information content (AvgIpc) is 3.36. The van der Waals surface area contributed by atoms with Crippen LogP contribution in [0.15, 0.2) is 41.0 Å². The van der Waals surface area contributed by atoms with Crippen LogP contribution in [0.4, 0.5) is 0 Å². The van der Waals surface area contributed by atoms with Crippen molar-refractivity contribution in [3.05, 3.63) is 46.5 Å². The minimum absolute atomic E-state index is 0.00870. The van der Waals surface area contributed by atoms with E-state index in [1.54, 1.807) is 17.0 Å². The second-order valence-corrected chi connectivity index (χ2v) is 10.4. The fourth-order valence-corrected chi connectivity index (χ4v) is 6.67. The fourth-order valence-electron chi connectivity index (χ4n) is 6.67. The molecule has 4 aliphatic rings. The lowest BCUT2D eigenvalue weighted by atomic mass is 9.69. The monoisotopic (exact) mass is 465 g/mol. The molecule has 34 heavy (non-hydrogen) atoms. The summed E-state index contributed by atoms with van der Waals surface area (Å²) in [6.45, 7) is 2.42. The van der Waals surface area contributed by atoms with E-state index in [0.29, 0.717) is 13.0 Å². The lowest BCUT2D eigenvalue weighted by Crippen LogP contribution is -2.42. The highest BCUT2D eigenvalue weighted by atomic mass is 16.5. The lowest BCUT2D eigenvalue weighted by molar-refractivity contribution is -0.143. The normalized spacial score (nSPS) is 30.2. The highest BCUT2D eigenvalue weighted by Crippen LogP contribution is 2.50. The summed E-state index contributed by atoms with van der Waals surface area (Å²) >= 11 is 0.